The highest BCUT2D eigenvalue weighted by atomic mass is 35.5. The zero-order valence-corrected chi connectivity index (χ0v) is 7.73. The van der Waals surface area contributed by atoms with Crippen molar-refractivity contribution in [3.05, 3.63) is 28.3 Å². The van der Waals surface area contributed by atoms with Crippen molar-refractivity contribution < 1.29 is 5.11 Å². The van der Waals surface area contributed by atoms with Crippen LogP contribution < -0.4 is 0 Å². The normalized spacial score (nSPS) is 16.5. The maximum atomic E-state index is 9.24. The molecule has 1 N–H and O–H groups in total. The highest BCUT2D eigenvalue weighted by Gasteiger charge is 2.27. The van der Waals surface area contributed by atoms with Crippen molar-refractivity contribution in [2.24, 2.45) is 0 Å². The molecule has 64 valence electrons. The fourth-order valence-electron chi connectivity index (χ4n) is 1.63. The van der Waals surface area contributed by atoms with E-state index in [0.29, 0.717) is 5.92 Å². The van der Waals surface area contributed by atoms with Crippen LogP contribution >= 0.6 is 11.6 Å². The minimum absolute atomic E-state index is 0.266. The monoisotopic (exact) mass is 182 g/mol. The van der Waals surface area contributed by atoms with E-state index >= 15 is 0 Å². The van der Waals surface area contributed by atoms with E-state index in [0.717, 1.165) is 10.6 Å². The molecular weight excluding hydrogens is 172 g/mol. The molecule has 1 aromatic carbocycles. The maximum Gasteiger partial charge on any atom is 0.117 e. The first kappa shape index (κ1) is 7.93. The second-order valence-electron chi connectivity index (χ2n) is 3.43. The van der Waals surface area contributed by atoms with Crippen molar-refractivity contribution in [1.29, 1.82) is 0 Å². The predicted octanol–water partition coefficient (Wildman–Crippen LogP) is 3.23. The first-order valence-electron chi connectivity index (χ1n) is 4.17. The molecule has 2 heteroatoms. The Kier molecular flexibility index (Phi) is 1.76. The lowest BCUT2D eigenvalue weighted by atomic mass is 10.0. The van der Waals surface area contributed by atoms with Crippen LogP contribution in [0.25, 0.3) is 0 Å². The molecule has 2 rings (SSSR count). The largest absolute Gasteiger partial charge is 0.508 e. The van der Waals surface area contributed by atoms with Gasteiger partial charge in [-0.3, -0.25) is 0 Å². The van der Waals surface area contributed by atoms with Crippen molar-refractivity contribution in [2.45, 2.75) is 25.7 Å². The van der Waals surface area contributed by atoms with Crippen molar-refractivity contribution in [2.75, 3.05) is 0 Å². The van der Waals surface area contributed by atoms with Crippen LogP contribution in [0.1, 0.15) is 29.9 Å². The molecule has 1 aromatic rings. The summed E-state index contributed by atoms with van der Waals surface area (Å²) >= 11 is 6.01. The van der Waals surface area contributed by atoms with Gasteiger partial charge in [-0.15, -0.1) is 0 Å². The molecule has 1 nitrogen and oxygen atoms in total. The van der Waals surface area contributed by atoms with Gasteiger partial charge in [-0.1, -0.05) is 11.6 Å². The van der Waals surface area contributed by atoms with E-state index in [1.54, 1.807) is 12.1 Å². The Bertz CT molecular complexity index is 293. The Hall–Kier alpha value is -0.690. The number of benzene rings is 1. The highest BCUT2D eigenvalue weighted by molar-refractivity contribution is 6.31. The summed E-state index contributed by atoms with van der Waals surface area (Å²) < 4.78 is 0. The minimum Gasteiger partial charge on any atom is -0.508 e. The number of aryl methyl sites for hydroxylation is 1. The summed E-state index contributed by atoms with van der Waals surface area (Å²) in [6.45, 7) is 2.00. The first-order chi connectivity index (χ1) is 5.68. The molecule has 0 bridgehead atoms. The maximum absolute atomic E-state index is 9.24. The zero-order valence-electron chi connectivity index (χ0n) is 6.97. The lowest BCUT2D eigenvalue weighted by Gasteiger charge is -2.06. The molecule has 1 fully saturated rings. The van der Waals surface area contributed by atoms with Gasteiger partial charge in [-0.05, 0) is 48.9 Å². The van der Waals surface area contributed by atoms with Gasteiger partial charge in [0.2, 0.25) is 0 Å². The lowest BCUT2D eigenvalue weighted by molar-refractivity contribution is 0.474. The van der Waals surface area contributed by atoms with E-state index in [9.17, 15) is 5.11 Å². The van der Waals surface area contributed by atoms with Gasteiger partial charge in [-0.25, -0.2) is 0 Å². The van der Waals surface area contributed by atoms with E-state index in [2.05, 4.69) is 0 Å². The fourth-order valence-corrected chi connectivity index (χ4v) is 2.04. The van der Waals surface area contributed by atoms with Crippen LogP contribution in [0.3, 0.4) is 0 Å². The predicted molar refractivity (Wildman–Crippen MR) is 49.8 cm³/mol. The van der Waals surface area contributed by atoms with Crippen LogP contribution in [0.5, 0.6) is 5.75 Å². The number of phenols is 1. The van der Waals surface area contributed by atoms with Gasteiger partial charge in [0.15, 0.2) is 0 Å². The minimum atomic E-state index is 0.266. The van der Waals surface area contributed by atoms with Crippen LogP contribution in [0.15, 0.2) is 12.1 Å². The molecule has 0 amide bonds. The Labute approximate surface area is 77.0 Å². The van der Waals surface area contributed by atoms with Gasteiger partial charge in [0, 0.05) is 5.02 Å². The van der Waals surface area contributed by atoms with Gasteiger partial charge < -0.3 is 5.11 Å². The second-order valence-corrected chi connectivity index (χ2v) is 3.84. The molecule has 1 aliphatic rings. The molecule has 0 heterocycles. The van der Waals surface area contributed by atoms with E-state index in [1.165, 1.54) is 18.4 Å². The third-order valence-corrected chi connectivity index (χ3v) is 2.62. The highest BCUT2D eigenvalue weighted by Crippen LogP contribution is 2.45. The first-order valence-corrected chi connectivity index (χ1v) is 4.55. The number of hydrogen-bond donors (Lipinski definition) is 1. The summed E-state index contributed by atoms with van der Waals surface area (Å²) in [7, 11) is 0. The van der Waals surface area contributed by atoms with Crippen LogP contribution in [0.4, 0.5) is 0 Å². The summed E-state index contributed by atoms with van der Waals surface area (Å²) in [5.41, 5.74) is 2.34. The Morgan fingerprint density at radius 1 is 1.42 bits per heavy atom. The third kappa shape index (κ3) is 1.29. The number of aromatic hydroxyl groups is 1. The van der Waals surface area contributed by atoms with E-state index < -0.39 is 0 Å². The van der Waals surface area contributed by atoms with Gasteiger partial charge in [0.1, 0.15) is 5.75 Å². The van der Waals surface area contributed by atoms with E-state index in [1.807, 2.05) is 6.92 Å². The molecule has 0 saturated heterocycles. The number of halogens is 1. The SMILES string of the molecule is Cc1cc(O)cc(Cl)c1C1CC1. The zero-order chi connectivity index (χ0) is 8.72. The number of phenolic OH excluding ortho intramolecular Hbond substituents is 1. The van der Waals surface area contributed by atoms with E-state index in [-0.39, 0.29) is 5.75 Å². The molecule has 0 spiro atoms. The Balaban J connectivity index is 2.51. The van der Waals surface area contributed by atoms with Crippen LogP contribution in [0.2, 0.25) is 5.02 Å². The second kappa shape index (κ2) is 2.67. The summed E-state index contributed by atoms with van der Waals surface area (Å²) in [6.07, 6.45) is 2.48. The molecule has 0 unspecified atom stereocenters. The summed E-state index contributed by atoms with van der Waals surface area (Å²) in [4.78, 5) is 0. The van der Waals surface area contributed by atoms with E-state index in [4.69, 9.17) is 11.6 Å². The third-order valence-electron chi connectivity index (χ3n) is 2.31. The summed E-state index contributed by atoms with van der Waals surface area (Å²) in [5, 5.41) is 9.95. The Morgan fingerprint density at radius 2 is 2.08 bits per heavy atom. The smallest absolute Gasteiger partial charge is 0.117 e. The van der Waals surface area contributed by atoms with Crippen molar-refractivity contribution in [3.8, 4) is 5.75 Å². The van der Waals surface area contributed by atoms with Crippen LogP contribution in [-0.4, -0.2) is 5.11 Å². The quantitative estimate of drug-likeness (QED) is 0.707. The van der Waals surface area contributed by atoms with Crippen molar-refractivity contribution >= 4 is 11.6 Å². The topological polar surface area (TPSA) is 20.2 Å². The molecule has 12 heavy (non-hydrogen) atoms. The fraction of sp³-hybridized carbons (Fsp3) is 0.400. The van der Waals surface area contributed by atoms with Crippen LogP contribution in [-0.2, 0) is 0 Å². The van der Waals surface area contributed by atoms with Gasteiger partial charge in [0.05, 0.1) is 0 Å². The molecule has 1 aliphatic carbocycles. The van der Waals surface area contributed by atoms with Gasteiger partial charge in [-0.2, -0.15) is 0 Å². The molecule has 0 aromatic heterocycles. The molecule has 0 atom stereocenters. The average molecular weight is 183 g/mol. The summed E-state index contributed by atoms with van der Waals surface area (Å²) in [6, 6.07) is 3.40. The standard InChI is InChI=1S/C10H11ClO/c1-6-4-8(12)5-9(11)10(6)7-2-3-7/h4-5,7,12H,2-3H2,1H3. The number of hydrogen-bond acceptors (Lipinski definition) is 1. The molecule has 1 saturated carbocycles. The lowest BCUT2D eigenvalue weighted by Crippen LogP contribution is -1.86. The van der Waals surface area contributed by atoms with Crippen molar-refractivity contribution in [1.82, 2.24) is 0 Å². The summed E-state index contributed by atoms with van der Waals surface area (Å²) in [5.74, 6) is 0.917. The average Bonchev–Trinajstić information content (AvgIpc) is 2.68. The molecule has 0 aliphatic heterocycles. The van der Waals surface area contributed by atoms with Crippen LogP contribution in [0, 0.1) is 6.92 Å². The number of rotatable bonds is 1. The van der Waals surface area contributed by atoms with Gasteiger partial charge in [0.25, 0.3) is 0 Å². The van der Waals surface area contributed by atoms with Gasteiger partial charge >= 0.3 is 0 Å². The Morgan fingerprint density at radius 3 is 2.58 bits per heavy atom. The molecular formula is C10H11ClO. The molecule has 0 radical (unpaired) electrons. The van der Waals surface area contributed by atoms with Crippen molar-refractivity contribution in [3.63, 3.8) is 0 Å².